The van der Waals surface area contributed by atoms with Crippen LogP contribution in [0.1, 0.15) is 57.8 Å². The van der Waals surface area contributed by atoms with Crippen molar-refractivity contribution >= 4 is 33.3 Å². The van der Waals surface area contributed by atoms with Gasteiger partial charge in [-0.25, -0.2) is 9.52 Å². The molecule has 1 aromatic carbocycles. The first-order valence-electron chi connectivity index (χ1n) is 11.0. The fraction of sp³-hybridized carbons (Fsp3) is 0.545. The molecule has 184 valence electrons. The zero-order chi connectivity index (χ0) is 24.3. The summed E-state index contributed by atoms with van der Waals surface area (Å²) in [5.41, 5.74) is 2.99. The van der Waals surface area contributed by atoms with Gasteiger partial charge in [0.25, 0.3) is 10.0 Å². The van der Waals surface area contributed by atoms with Gasteiger partial charge >= 0.3 is 35.6 Å². The van der Waals surface area contributed by atoms with Crippen molar-refractivity contribution in [2.75, 3.05) is 31.6 Å². The van der Waals surface area contributed by atoms with Crippen molar-refractivity contribution < 1.29 is 48.9 Å². The molecule has 0 unspecified atom stereocenters. The van der Waals surface area contributed by atoms with Crippen LogP contribution in [0.3, 0.4) is 0 Å². The van der Waals surface area contributed by atoms with E-state index in [2.05, 4.69) is 20.0 Å². The number of carbonyl (C=O) groups excluding carboxylic acids is 1. The van der Waals surface area contributed by atoms with Crippen LogP contribution in [0.4, 0.5) is 10.5 Å². The maximum absolute atomic E-state index is 12.9. The van der Waals surface area contributed by atoms with Gasteiger partial charge in [0.2, 0.25) is 0 Å². The third kappa shape index (κ3) is 7.19. The molecule has 0 spiro atoms. The summed E-state index contributed by atoms with van der Waals surface area (Å²) >= 11 is 6.27. The minimum atomic E-state index is -4.16. The first-order valence-corrected chi connectivity index (χ1v) is 12.8. The standard InChI is InChI=1S/C22H32ClN5O4S.Na.H/c1-14(2)18-10-16(23)11-19(15(3)4)21(18)24-22(29)26-33(30,31)20-12-17(27(5)25-20)13-28-6-8-32-9-7-28;;/h10-12,14-15H,6-9,13H2,1-5H3,(H2,24,26,29);;/q;+1;-1. The van der Waals surface area contributed by atoms with Crippen LogP contribution in [0, 0.1) is 0 Å². The average molecular weight is 522 g/mol. The van der Waals surface area contributed by atoms with Crippen molar-refractivity contribution in [1.29, 1.82) is 0 Å². The first kappa shape index (κ1) is 29.1. The monoisotopic (exact) mass is 521 g/mol. The van der Waals surface area contributed by atoms with Gasteiger partial charge in [0.05, 0.1) is 18.9 Å². The molecule has 0 saturated carbocycles. The number of aryl methyl sites for hydroxylation is 1. The van der Waals surface area contributed by atoms with Crippen molar-refractivity contribution in [3.05, 3.63) is 40.0 Å². The Balaban J connectivity index is 0.00000306. The van der Waals surface area contributed by atoms with Crippen LogP contribution in [0.25, 0.3) is 0 Å². The Hall–Kier alpha value is -1.14. The van der Waals surface area contributed by atoms with E-state index < -0.39 is 16.1 Å². The summed E-state index contributed by atoms with van der Waals surface area (Å²) in [7, 11) is -2.47. The van der Waals surface area contributed by atoms with Crippen LogP contribution >= 0.6 is 11.6 Å². The first-order chi connectivity index (χ1) is 15.5. The smallest absolute Gasteiger partial charge is 1.00 e. The Labute approximate surface area is 230 Å². The summed E-state index contributed by atoms with van der Waals surface area (Å²) in [5.74, 6) is 0.151. The van der Waals surface area contributed by atoms with E-state index in [1.165, 1.54) is 10.7 Å². The number of hydrogen-bond donors (Lipinski definition) is 2. The molecular formula is C22H33ClN5NaO4S. The number of morpholine rings is 1. The zero-order valence-corrected chi connectivity index (χ0v) is 24.3. The van der Waals surface area contributed by atoms with E-state index in [0.717, 1.165) is 29.9 Å². The number of sulfonamides is 1. The van der Waals surface area contributed by atoms with E-state index in [-0.39, 0.29) is 47.8 Å². The van der Waals surface area contributed by atoms with Gasteiger partial charge in [-0.05, 0) is 35.1 Å². The van der Waals surface area contributed by atoms with Crippen molar-refractivity contribution in [3.63, 3.8) is 0 Å². The van der Waals surface area contributed by atoms with Crippen LogP contribution in [0.5, 0.6) is 0 Å². The van der Waals surface area contributed by atoms with Crippen LogP contribution < -0.4 is 39.6 Å². The molecule has 0 aliphatic carbocycles. The van der Waals surface area contributed by atoms with Crippen LogP contribution in [0.15, 0.2) is 23.2 Å². The molecule has 2 amide bonds. The Morgan fingerprint density at radius 3 is 2.24 bits per heavy atom. The largest absolute Gasteiger partial charge is 1.00 e. The number of nitrogens with one attached hydrogen (secondary N) is 2. The number of anilines is 1. The van der Waals surface area contributed by atoms with Crippen molar-refractivity contribution in [3.8, 4) is 0 Å². The van der Waals surface area contributed by atoms with Gasteiger partial charge in [-0.2, -0.15) is 13.5 Å². The molecule has 1 aliphatic rings. The van der Waals surface area contributed by atoms with Gasteiger partial charge in [0.1, 0.15) is 0 Å². The van der Waals surface area contributed by atoms with E-state index >= 15 is 0 Å². The van der Waals surface area contributed by atoms with Crippen molar-refractivity contribution in [1.82, 2.24) is 19.4 Å². The van der Waals surface area contributed by atoms with Gasteiger partial charge < -0.3 is 11.5 Å². The Morgan fingerprint density at radius 2 is 1.71 bits per heavy atom. The summed E-state index contributed by atoms with van der Waals surface area (Å²) in [6.07, 6.45) is 0. The molecular weight excluding hydrogens is 489 g/mol. The number of urea groups is 1. The summed E-state index contributed by atoms with van der Waals surface area (Å²) in [4.78, 5) is 14.9. The second kappa shape index (κ2) is 12.2. The summed E-state index contributed by atoms with van der Waals surface area (Å²) < 4.78 is 34.7. The number of hydrogen-bond acceptors (Lipinski definition) is 6. The van der Waals surface area contributed by atoms with E-state index in [0.29, 0.717) is 30.5 Å². The summed E-state index contributed by atoms with van der Waals surface area (Å²) in [5, 5.41) is 7.23. The molecule has 0 radical (unpaired) electrons. The third-order valence-electron chi connectivity index (χ3n) is 5.59. The number of rotatable bonds is 7. The molecule has 34 heavy (non-hydrogen) atoms. The number of aromatic nitrogens is 2. The van der Waals surface area contributed by atoms with Gasteiger partial charge in [-0.15, -0.1) is 0 Å². The zero-order valence-electron chi connectivity index (χ0n) is 21.7. The molecule has 1 aromatic heterocycles. The molecule has 9 nitrogen and oxygen atoms in total. The summed E-state index contributed by atoms with van der Waals surface area (Å²) in [6, 6.07) is 4.23. The Morgan fingerprint density at radius 1 is 1.15 bits per heavy atom. The minimum absolute atomic E-state index is 0. The van der Waals surface area contributed by atoms with Crippen LogP contribution in [-0.2, 0) is 28.4 Å². The predicted molar refractivity (Wildman–Crippen MR) is 129 cm³/mol. The fourth-order valence-electron chi connectivity index (χ4n) is 3.76. The molecule has 2 heterocycles. The molecule has 12 heteroatoms. The second-order valence-corrected chi connectivity index (χ2v) is 10.9. The van der Waals surface area contributed by atoms with E-state index in [1.807, 2.05) is 27.7 Å². The van der Waals surface area contributed by atoms with Gasteiger partial charge in [0, 0.05) is 43.5 Å². The Bertz CT molecular complexity index is 1090. The topological polar surface area (TPSA) is 106 Å². The second-order valence-electron chi connectivity index (χ2n) is 8.81. The van der Waals surface area contributed by atoms with Crippen LogP contribution in [0.2, 0.25) is 5.02 Å². The number of benzene rings is 1. The van der Waals surface area contributed by atoms with E-state index in [4.69, 9.17) is 16.3 Å². The normalized spacial score (nSPS) is 14.8. The van der Waals surface area contributed by atoms with Crippen molar-refractivity contribution in [2.45, 2.75) is 51.1 Å². The molecule has 0 bridgehead atoms. The molecule has 3 rings (SSSR count). The SMILES string of the molecule is CC(C)c1cc(Cl)cc(C(C)C)c1NC(=O)NS(=O)(=O)c1cc(CN2CCOCC2)n(C)n1.[H-].[Na+]. The molecule has 2 aromatic rings. The number of halogens is 1. The minimum Gasteiger partial charge on any atom is -1.00 e. The van der Waals surface area contributed by atoms with Crippen LogP contribution in [-0.4, -0.2) is 55.4 Å². The van der Waals surface area contributed by atoms with Gasteiger partial charge in [-0.3, -0.25) is 9.58 Å². The van der Waals surface area contributed by atoms with Crippen molar-refractivity contribution in [2.24, 2.45) is 7.05 Å². The number of amides is 2. The molecule has 2 N–H and O–H groups in total. The molecule has 1 fully saturated rings. The summed E-state index contributed by atoms with van der Waals surface area (Å²) in [6.45, 7) is 11.3. The average Bonchev–Trinajstić information content (AvgIpc) is 3.10. The number of nitrogens with zero attached hydrogens (tertiary/aromatic N) is 3. The Kier molecular flexibility index (Phi) is 10.4. The maximum atomic E-state index is 12.9. The molecule has 1 aliphatic heterocycles. The maximum Gasteiger partial charge on any atom is 1.00 e. The third-order valence-corrected chi connectivity index (χ3v) is 7.02. The van der Waals surface area contributed by atoms with Gasteiger partial charge in [-0.1, -0.05) is 39.3 Å². The van der Waals surface area contributed by atoms with E-state index in [1.54, 1.807) is 19.2 Å². The number of carbonyl (C=O) groups is 1. The quantitative estimate of drug-likeness (QED) is 0.522. The fourth-order valence-corrected chi connectivity index (χ4v) is 4.92. The number of ether oxygens (including phenoxy) is 1. The molecule has 0 atom stereocenters. The molecule has 1 saturated heterocycles. The predicted octanol–water partition coefficient (Wildman–Crippen LogP) is 0.779. The van der Waals surface area contributed by atoms with E-state index in [9.17, 15) is 13.2 Å². The van der Waals surface area contributed by atoms with Gasteiger partial charge in [0.15, 0.2) is 5.03 Å².